The second-order valence-corrected chi connectivity index (χ2v) is 11.0. The molecule has 0 aliphatic heterocycles. The van der Waals surface area contributed by atoms with Gasteiger partial charge in [0.2, 0.25) is 0 Å². The number of halogens is 2. The van der Waals surface area contributed by atoms with Crippen molar-refractivity contribution < 1.29 is 22.8 Å². The Morgan fingerprint density at radius 2 is 1.88 bits per heavy atom. The van der Waals surface area contributed by atoms with E-state index in [0.29, 0.717) is 41.0 Å². The molecule has 14 heteroatoms. The van der Waals surface area contributed by atoms with Crippen LogP contribution in [0.2, 0.25) is 5.02 Å². The van der Waals surface area contributed by atoms with Crippen LogP contribution in [0, 0.1) is 21.1 Å². The lowest BCUT2D eigenvalue weighted by Crippen LogP contribution is -2.19. The zero-order valence-corrected chi connectivity index (χ0v) is 24.4. The van der Waals surface area contributed by atoms with Gasteiger partial charge in [-0.3, -0.25) is 4.21 Å². The fourth-order valence-corrected chi connectivity index (χ4v) is 4.65. The summed E-state index contributed by atoms with van der Waals surface area (Å²) in [4.78, 5) is 17.1. The minimum atomic E-state index is -1.75. The maximum absolute atomic E-state index is 13.4. The maximum atomic E-state index is 13.4. The molecule has 0 amide bonds. The number of nitrogens with zero attached hydrogens (tertiary/aromatic N) is 3. The van der Waals surface area contributed by atoms with Gasteiger partial charge < -0.3 is 35.1 Å². The number of aromatic nitrogens is 2. The van der Waals surface area contributed by atoms with Gasteiger partial charge in [0, 0.05) is 46.0 Å². The molecular weight excluding hydrogens is 601 g/mol. The number of nitrogens with one attached hydrogen (secondary N) is 2. The molecule has 2 heterocycles. The Kier molecular flexibility index (Phi) is 11.0. The van der Waals surface area contributed by atoms with E-state index in [1.54, 1.807) is 30.5 Å². The number of fused-ring (bicyclic) bond motifs is 1. The number of hydrogen-bond donors (Lipinski definition) is 2. The highest BCUT2D eigenvalue weighted by molar-refractivity contribution is 7.84. The van der Waals surface area contributed by atoms with Crippen molar-refractivity contribution in [3.63, 3.8) is 0 Å². The van der Waals surface area contributed by atoms with Crippen LogP contribution in [-0.2, 0) is 24.0 Å². The molecule has 0 spiro atoms. The second-order valence-electron chi connectivity index (χ2n) is 9.09. The van der Waals surface area contributed by atoms with Crippen LogP contribution in [0.5, 0.6) is 5.75 Å². The highest BCUT2D eigenvalue weighted by Crippen LogP contribution is 2.32. The van der Waals surface area contributed by atoms with Gasteiger partial charge >= 0.3 is 0 Å². The average Bonchev–Trinajstić information content (AvgIpc) is 3.44. The Morgan fingerprint density at radius 1 is 1.07 bits per heavy atom. The Hall–Kier alpha value is -4.59. The van der Waals surface area contributed by atoms with E-state index in [-0.39, 0.29) is 12.4 Å². The number of anilines is 2. The van der Waals surface area contributed by atoms with Crippen molar-refractivity contribution in [2.45, 2.75) is 13.2 Å². The molecule has 11 nitrogen and oxygen atoms in total. The molecule has 0 saturated heterocycles. The summed E-state index contributed by atoms with van der Waals surface area (Å²) in [6, 6.07) is 21.3. The van der Waals surface area contributed by atoms with Crippen molar-refractivity contribution in [1.82, 2.24) is 15.3 Å². The molecule has 1 atom stereocenters. The summed E-state index contributed by atoms with van der Waals surface area (Å²) in [6.45, 7) is 1.42. The molecule has 5 aromatic rings. The van der Waals surface area contributed by atoms with Gasteiger partial charge in [0.1, 0.15) is 41.8 Å². The molecule has 0 fully saturated rings. The van der Waals surface area contributed by atoms with Gasteiger partial charge in [0.05, 0.1) is 22.2 Å². The summed E-state index contributed by atoms with van der Waals surface area (Å²) in [5.74, 6) is 2.92. The van der Waals surface area contributed by atoms with Crippen LogP contribution in [0.4, 0.5) is 15.9 Å². The van der Waals surface area contributed by atoms with Gasteiger partial charge in [0.15, 0.2) is 0 Å². The van der Waals surface area contributed by atoms with E-state index in [1.807, 2.05) is 36.4 Å². The van der Waals surface area contributed by atoms with E-state index < -0.39 is 15.9 Å². The SMILES string of the molecule is CS(=O)CCNCc1ccc(-c2ccc3ncnc(Nc4ccc(OCc5cccc(F)c5)c(Cl)c4)c3c2)o1.O=[N+]([O-])[O-]. The number of benzene rings is 3. The lowest BCUT2D eigenvalue weighted by Gasteiger charge is -2.12. The number of rotatable bonds is 11. The van der Waals surface area contributed by atoms with Gasteiger partial charge in [-0.1, -0.05) is 23.7 Å². The third kappa shape index (κ3) is 9.46. The van der Waals surface area contributed by atoms with Crippen LogP contribution < -0.4 is 15.4 Å². The van der Waals surface area contributed by atoms with Gasteiger partial charge in [-0.05, 0) is 66.2 Å². The van der Waals surface area contributed by atoms with Crippen LogP contribution in [-0.4, -0.2) is 37.8 Å². The van der Waals surface area contributed by atoms with Crippen molar-refractivity contribution in [1.29, 1.82) is 0 Å². The van der Waals surface area contributed by atoms with Crippen molar-refractivity contribution in [3.8, 4) is 17.1 Å². The first-order valence-corrected chi connectivity index (χ1v) is 14.9. The standard InChI is InChI=1S/C29H26ClFN4O3S.NO3/c1-39(36)12-11-32-16-23-7-10-27(38-23)20-5-8-26-24(14-20)29(34-18-33-26)35-22-6-9-28(25(30)15-22)37-17-19-3-2-4-21(31)13-19;2-1(3)4/h2-10,13-15,18,32H,11-12,16-17H2,1H3,(H,33,34,35);/q;-1. The van der Waals surface area contributed by atoms with Crippen LogP contribution in [0.3, 0.4) is 0 Å². The van der Waals surface area contributed by atoms with Crippen LogP contribution >= 0.6 is 11.6 Å². The van der Waals surface area contributed by atoms with E-state index in [9.17, 15) is 8.60 Å². The number of hydrogen-bond acceptors (Lipinski definition) is 10. The van der Waals surface area contributed by atoms with E-state index in [2.05, 4.69) is 20.6 Å². The zero-order valence-electron chi connectivity index (χ0n) is 22.8. The Balaban J connectivity index is 0.000000996. The summed E-state index contributed by atoms with van der Waals surface area (Å²) in [5.41, 5.74) is 3.10. The lowest BCUT2D eigenvalue weighted by molar-refractivity contribution is -0.402. The molecule has 0 aliphatic rings. The third-order valence-electron chi connectivity index (χ3n) is 5.93. The Bertz CT molecular complexity index is 1730. The van der Waals surface area contributed by atoms with Crippen molar-refractivity contribution in [3.05, 3.63) is 117 Å². The van der Waals surface area contributed by atoms with Gasteiger partial charge in [-0.2, -0.15) is 0 Å². The maximum Gasteiger partial charge on any atom is 0.141 e. The quantitative estimate of drug-likeness (QED) is 0.0978. The Labute approximate surface area is 253 Å². The predicted molar refractivity (Wildman–Crippen MR) is 164 cm³/mol. The number of ether oxygens (including phenoxy) is 1. The van der Waals surface area contributed by atoms with E-state index in [0.717, 1.165) is 33.7 Å². The normalized spacial score (nSPS) is 11.4. The summed E-state index contributed by atoms with van der Waals surface area (Å²) in [7, 11) is -0.826. The predicted octanol–water partition coefficient (Wildman–Crippen LogP) is 6.23. The van der Waals surface area contributed by atoms with E-state index >= 15 is 0 Å². The molecule has 3 aromatic carbocycles. The third-order valence-corrected chi connectivity index (χ3v) is 7.00. The van der Waals surface area contributed by atoms with Crippen molar-refractivity contribution in [2.75, 3.05) is 23.9 Å². The molecule has 2 N–H and O–H groups in total. The van der Waals surface area contributed by atoms with Gasteiger partial charge in [0.25, 0.3) is 0 Å². The lowest BCUT2D eigenvalue weighted by atomic mass is 10.1. The van der Waals surface area contributed by atoms with Crippen molar-refractivity contribution >= 4 is 44.8 Å². The Morgan fingerprint density at radius 3 is 2.63 bits per heavy atom. The fourth-order valence-electron chi connectivity index (χ4n) is 3.99. The van der Waals surface area contributed by atoms with Gasteiger partial charge in [-0.15, -0.1) is 0 Å². The highest BCUT2D eigenvalue weighted by Gasteiger charge is 2.11. The van der Waals surface area contributed by atoms with Crippen LogP contribution in [0.25, 0.3) is 22.2 Å². The molecule has 43 heavy (non-hydrogen) atoms. The summed E-state index contributed by atoms with van der Waals surface area (Å²) in [6.07, 6.45) is 3.19. The van der Waals surface area contributed by atoms with Crippen molar-refractivity contribution in [2.24, 2.45) is 0 Å². The minimum absolute atomic E-state index is 0.202. The van der Waals surface area contributed by atoms with Crippen LogP contribution in [0.15, 0.2) is 83.5 Å². The molecule has 0 aliphatic carbocycles. The first-order chi connectivity index (χ1) is 20.7. The molecule has 224 valence electrons. The largest absolute Gasteiger partial charge is 0.487 e. The summed E-state index contributed by atoms with van der Waals surface area (Å²) >= 11 is 6.48. The molecule has 0 radical (unpaired) electrons. The molecule has 0 bridgehead atoms. The molecule has 2 aromatic heterocycles. The minimum Gasteiger partial charge on any atom is -0.487 e. The van der Waals surface area contributed by atoms with Gasteiger partial charge in [-0.25, -0.2) is 14.4 Å². The second kappa shape index (κ2) is 15.0. The highest BCUT2D eigenvalue weighted by atomic mass is 35.5. The zero-order chi connectivity index (χ0) is 30.8. The van der Waals surface area contributed by atoms with Crippen LogP contribution in [0.1, 0.15) is 11.3 Å². The first-order valence-electron chi connectivity index (χ1n) is 12.8. The molecule has 1 unspecified atom stereocenters. The fraction of sp³-hybridized carbons (Fsp3) is 0.172. The first kappa shape index (κ1) is 31.3. The van der Waals surface area contributed by atoms with E-state index in [1.165, 1.54) is 18.5 Å². The smallest absolute Gasteiger partial charge is 0.141 e. The molecule has 0 saturated carbocycles. The summed E-state index contributed by atoms with van der Waals surface area (Å²) in [5, 5.41) is 22.5. The monoisotopic (exact) mass is 626 g/mol. The molecule has 5 rings (SSSR count). The summed E-state index contributed by atoms with van der Waals surface area (Å²) < 4.78 is 36.5. The van der Waals surface area contributed by atoms with E-state index in [4.69, 9.17) is 36.1 Å². The molecular formula is C29H26ClFN5O6S-. The average molecular weight is 627 g/mol. The topological polar surface area (TPSA) is 155 Å². The number of furan rings is 1.